The molecule has 1 aromatic heterocycles. The third kappa shape index (κ3) is 2.75. The third-order valence-corrected chi connectivity index (χ3v) is 7.67. The summed E-state index contributed by atoms with van der Waals surface area (Å²) in [4.78, 5) is 4.68. The van der Waals surface area contributed by atoms with Gasteiger partial charge in [0.05, 0.1) is 16.8 Å². The first-order valence-electron chi connectivity index (χ1n) is 9.64. The van der Waals surface area contributed by atoms with E-state index in [0.29, 0.717) is 16.6 Å². The summed E-state index contributed by atoms with van der Waals surface area (Å²) in [6.07, 6.45) is 4.64. The number of hydrogen-bond donors (Lipinski definition) is 0. The van der Waals surface area contributed by atoms with Crippen LogP contribution >= 0.6 is 0 Å². The van der Waals surface area contributed by atoms with Crippen LogP contribution in [-0.4, -0.2) is 19.4 Å². The first-order chi connectivity index (χ1) is 13.4. The molecule has 6 heteroatoms. The van der Waals surface area contributed by atoms with Gasteiger partial charge in [0.2, 0.25) is 0 Å². The minimum absolute atomic E-state index is 0.114. The Labute approximate surface area is 165 Å². The molecule has 144 valence electrons. The molecule has 1 unspecified atom stereocenters. The number of benzene rings is 2. The monoisotopic (exact) mass is 394 g/mol. The Balaban J connectivity index is 1.58. The minimum Gasteiger partial charge on any atom is -0.440 e. The van der Waals surface area contributed by atoms with Crippen LogP contribution in [0.25, 0.3) is 11.3 Å². The number of para-hydroxylation sites is 1. The fraction of sp³-hybridized carbons (Fsp3) is 0.318. The summed E-state index contributed by atoms with van der Waals surface area (Å²) < 4.78 is 34.7. The van der Waals surface area contributed by atoms with Crippen molar-refractivity contribution in [3.63, 3.8) is 0 Å². The van der Waals surface area contributed by atoms with Gasteiger partial charge in [0.25, 0.3) is 10.0 Å². The summed E-state index contributed by atoms with van der Waals surface area (Å²) in [6.45, 7) is 3.79. The van der Waals surface area contributed by atoms with Gasteiger partial charge in [-0.2, -0.15) is 0 Å². The van der Waals surface area contributed by atoms with Crippen molar-refractivity contribution in [1.82, 2.24) is 4.98 Å². The first-order valence-corrected chi connectivity index (χ1v) is 11.1. The highest BCUT2D eigenvalue weighted by atomic mass is 32.2. The molecule has 0 saturated heterocycles. The molecule has 5 rings (SSSR count). The van der Waals surface area contributed by atoms with Gasteiger partial charge in [-0.05, 0) is 56.4 Å². The Morgan fingerprint density at radius 3 is 2.71 bits per heavy atom. The number of hydrogen-bond acceptors (Lipinski definition) is 4. The SMILES string of the molecule is Cc1ccc(-c2cnc(C3CC3)o2)cc1S(=O)(=O)N1c2ccccc2CC1C. The normalized spacial score (nSPS) is 19.1. The molecular formula is C22H22N2O3S. The fourth-order valence-corrected chi connectivity index (χ4v) is 5.93. The van der Waals surface area contributed by atoms with Gasteiger partial charge in [0, 0.05) is 17.5 Å². The van der Waals surface area contributed by atoms with E-state index in [4.69, 9.17) is 4.42 Å². The molecule has 3 aromatic rings. The largest absolute Gasteiger partial charge is 0.440 e. The van der Waals surface area contributed by atoms with E-state index in [-0.39, 0.29) is 6.04 Å². The van der Waals surface area contributed by atoms with Gasteiger partial charge in [-0.3, -0.25) is 4.31 Å². The lowest BCUT2D eigenvalue weighted by Gasteiger charge is -2.25. The van der Waals surface area contributed by atoms with Crippen LogP contribution in [0.4, 0.5) is 5.69 Å². The Bertz CT molecular complexity index is 1160. The van der Waals surface area contributed by atoms with E-state index in [1.807, 2.05) is 50.2 Å². The summed E-state index contributed by atoms with van der Waals surface area (Å²) in [6, 6.07) is 13.1. The summed E-state index contributed by atoms with van der Waals surface area (Å²) in [5, 5.41) is 0. The van der Waals surface area contributed by atoms with E-state index < -0.39 is 10.0 Å². The van der Waals surface area contributed by atoms with Gasteiger partial charge in [0.1, 0.15) is 0 Å². The minimum atomic E-state index is -3.69. The molecule has 0 N–H and O–H groups in total. The number of fused-ring (bicyclic) bond motifs is 1. The zero-order chi connectivity index (χ0) is 19.5. The molecule has 28 heavy (non-hydrogen) atoms. The summed E-state index contributed by atoms with van der Waals surface area (Å²) in [5.74, 6) is 1.79. The number of anilines is 1. The Morgan fingerprint density at radius 2 is 1.93 bits per heavy atom. The number of rotatable bonds is 4. The number of nitrogens with zero attached hydrogens (tertiary/aromatic N) is 2. The lowest BCUT2D eigenvalue weighted by molar-refractivity contribution is 0.509. The molecule has 0 radical (unpaired) electrons. The second kappa shape index (κ2) is 6.21. The zero-order valence-electron chi connectivity index (χ0n) is 15.9. The third-order valence-electron chi connectivity index (χ3n) is 5.60. The molecule has 2 aliphatic rings. The quantitative estimate of drug-likeness (QED) is 0.645. The van der Waals surface area contributed by atoms with Crippen LogP contribution in [0.2, 0.25) is 0 Å². The maximum atomic E-state index is 13.6. The number of oxazole rings is 1. The second-order valence-corrected chi connectivity index (χ2v) is 9.58. The molecule has 0 bridgehead atoms. The highest BCUT2D eigenvalue weighted by molar-refractivity contribution is 7.93. The Hall–Kier alpha value is -2.60. The van der Waals surface area contributed by atoms with Crippen LogP contribution in [0.1, 0.15) is 42.7 Å². The highest BCUT2D eigenvalue weighted by Gasteiger charge is 2.37. The molecule has 1 saturated carbocycles. The van der Waals surface area contributed by atoms with E-state index in [1.165, 1.54) is 0 Å². The lowest BCUT2D eigenvalue weighted by atomic mass is 10.1. The topological polar surface area (TPSA) is 63.4 Å². The average molecular weight is 394 g/mol. The molecule has 2 aromatic carbocycles. The maximum Gasteiger partial charge on any atom is 0.264 e. The van der Waals surface area contributed by atoms with Crippen molar-refractivity contribution in [2.45, 2.75) is 50.0 Å². The van der Waals surface area contributed by atoms with Crippen LogP contribution < -0.4 is 4.31 Å². The molecule has 1 aliphatic carbocycles. The molecule has 0 amide bonds. The number of sulfonamides is 1. The molecular weight excluding hydrogens is 372 g/mol. The average Bonchev–Trinajstić information content (AvgIpc) is 3.29. The molecule has 1 atom stereocenters. The van der Waals surface area contributed by atoms with E-state index in [0.717, 1.165) is 47.5 Å². The van der Waals surface area contributed by atoms with Crippen molar-refractivity contribution in [1.29, 1.82) is 0 Å². The number of aryl methyl sites for hydroxylation is 1. The van der Waals surface area contributed by atoms with Gasteiger partial charge in [-0.25, -0.2) is 13.4 Å². The van der Waals surface area contributed by atoms with E-state index in [1.54, 1.807) is 16.6 Å². The highest BCUT2D eigenvalue weighted by Crippen LogP contribution is 2.41. The van der Waals surface area contributed by atoms with Crippen LogP contribution in [0.3, 0.4) is 0 Å². The second-order valence-electron chi connectivity index (χ2n) is 7.80. The molecule has 5 nitrogen and oxygen atoms in total. The van der Waals surface area contributed by atoms with Crippen LogP contribution in [-0.2, 0) is 16.4 Å². The van der Waals surface area contributed by atoms with E-state index >= 15 is 0 Å². The van der Waals surface area contributed by atoms with E-state index in [2.05, 4.69) is 4.98 Å². The van der Waals surface area contributed by atoms with Crippen molar-refractivity contribution in [2.24, 2.45) is 0 Å². The molecule has 0 spiro atoms. The first kappa shape index (κ1) is 17.5. The van der Waals surface area contributed by atoms with Crippen LogP contribution in [0.15, 0.2) is 58.0 Å². The van der Waals surface area contributed by atoms with Gasteiger partial charge >= 0.3 is 0 Å². The fourth-order valence-electron chi connectivity index (χ4n) is 3.98. The van der Waals surface area contributed by atoms with Gasteiger partial charge in [0.15, 0.2) is 11.7 Å². The van der Waals surface area contributed by atoms with E-state index in [9.17, 15) is 8.42 Å². The predicted octanol–water partition coefficient (Wildman–Crippen LogP) is 4.67. The summed E-state index contributed by atoms with van der Waals surface area (Å²) in [5.41, 5.74) is 3.30. The Morgan fingerprint density at radius 1 is 1.14 bits per heavy atom. The van der Waals surface area contributed by atoms with Gasteiger partial charge < -0.3 is 4.42 Å². The van der Waals surface area contributed by atoms with Crippen molar-refractivity contribution in [3.05, 3.63) is 65.7 Å². The van der Waals surface area contributed by atoms with Crippen molar-refractivity contribution in [3.8, 4) is 11.3 Å². The summed E-state index contributed by atoms with van der Waals surface area (Å²) in [7, 11) is -3.69. The number of aromatic nitrogens is 1. The maximum absolute atomic E-state index is 13.6. The van der Waals surface area contributed by atoms with Crippen molar-refractivity contribution >= 4 is 15.7 Å². The lowest BCUT2D eigenvalue weighted by Crippen LogP contribution is -2.36. The predicted molar refractivity (Wildman–Crippen MR) is 108 cm³/mol. The smallest absolute Gasteiger partial charge is 0.264 e. The van der Waals surface area contributed by atoms with Crippen LogP contribution in [0, 0.1) is 6.92 Å². The standard InChI is InChI=1S/C22H22N2O3S/c1-14-7-8-18(20-13-23-22(27-20)16-9-10-16)12-21(14)28(25,26)24-15(2)11-17-5-3-4-6-19(17)24/h3-8,12-13,15-16H,9-11H2,1-2H3. The molecule has 1 aliphatic heterocycles. The zero-order valence-corrected chi connectivity index (χ0v) is 16.7. The molecule has 1 fully saturated rings. The molecule has 2 heterocycles. The van der Waals surface area contributed by atoms with Crippen LogP contribution in [0.5, 0.6) is 0 Å². The van der Waals surface area contributed by atoms with Gasteiger partial charge in [-0.15, -0.1) is 0 Å². The van der Waals surface area contributed by atoms with Gasteiger partial charge in [-0.1, -0.05) is 30.3 Å². The van der Waals surface area contributed by atoms with Crippen molar-refractivity contribution in [2.75, 3.05) is 4.31 Å². The summed E-state index contributed by atoms with van der Waals surface area (Å²) >= 11 is 0. The Kier molecular flexibility index (Phi) is 3.88. The van der Waals surface area contributed by atoms with Crippen molar-refractivity contribution < 1.29 is 12.8 Å².